The summed E-state index contributed by atoms with van der Waals surface area (Å²) in [4.78, 5) is 14.6. The highest BCUT2D eigenvalue weighted by Gasteiger charge is 2.31. The second kappa shape index (κ2) is 12.2. The highest BCUT2D eigenvalue weighted by molar-refractivity contribution is 5.76. The van der Waals surface area contributed by atoms with Crippen LogP contribution >= 0.6 is 0 Å². The van der Waals surface area contributed by atoms with Crippen LogP contribution in [0, 0.1) is 0 Å². The number of carbonyl (C=O) groups is 1. The zero-order valence-electron chi connectivity index (χ0n) is 17.6. The Balaban J connectivity index is 1.97. The number of benzene rings is 1. The van der Waals surface area contributed by atoms with Crippen LogP contribution in [0.1, 0.15) is 70.0 Å². The Morgan fingerprint density at radius 3 is 2.37 bits per heavy atom. The second-order valence-corrected chi connectivity index (χ2v) is 7.91. The average molecular weight is 431 g/mol. The number of nitrogens with zero attached hydrogens (tertiary/aromatic N) is 1. The molecule has 0 aromatic heterocycles. The van der Waals surface area contributed by atoms with Gasteiger partial charge in [-0.3, -0.25) is 4.79 Å². The molecule has 170 valence electrons. The van der Waals surface area contributed by atoms with Gasteiger partial charge in [0, 0.05) is 13.0 Å². The van der Waals surface area contributed by atoms with Crippen molar-refractivity contribution in [1.29, 1.82) is 0 Å². The molecular weight excluding hydrogens is 397 g/mol. The molecule has 1 amide bonds. The van der Waals surface area contributed by atoms with E-state index in [1.54, 1.807) is 0 Å². The number of hydrogen-bond donors (Lipinski definition) is 2. The molecule has 5 nitrogen and oxygen atoms in total. The van der Waals surface area contributed by atoms with E-state index >= 15 is 0 Å². The molecule has 30 heavy (non-hydrogen) atoms. The molecule has 0 aliphatic carbocycles. The Labute approximate surface area is 176 Å². The lowest BCUT2D eigenvalue weighted by Gasteiger charge is -2.29. The van der Waals surface area contributed by atoms with Crippen molar-refractivity contribution < 1.29 is 27.8 Å². The lowest BCUT2D eigenvalue weighted by atomic mass is 10.0. The third kappa shape index (κ3) is 8.92. The smallest absolute Gasteiger partial charge is 0.406 e. The van der Waals surface area contributed by atoms with E-state index < -0.39 is 18.5 Å². The van der Waals surface area contributed by atoms with Gasteiger partial charge in [0.15, 0.2) is 0 Å². The maximum absolute atomic E-state index is 12.4. The van der Waals surface area contributed by atoms with Crippen molar-refractivity contribution in [3.8, 4) is 5.75 Å². The second-order valence-electron chi connectivity index (χ2n) is 7.91. The first-order chi connectivity index (χ1) is 14.3. The van der Waals surface area contributed by atoms with Gasteiger partial charge in [0.2, 0.25) is 5.91 Å². The number of halogens is 3. The van der Waals surface area contributed by atoms with Crippen molar-refractivity contribution in [1.82, 2.24) is 10.2 Å². The predicted octanol–water partition coefficient (Wildman–Crippen LogP) is 4.56. The number of likely N-dealkylation sites (tertiary alicyclic amines) is 1. The fourth-order valence-corrected chi connectivity index (χ4v) is 3.73. The molecule has 1 aromatic carbocycles. The van der Waals surface area contributed by atoms with Crippen molar-refractivity contribution in [3.63, 3.8) is 0 Å². The minimum Gasteiger partial charge on any atom is -0.406 e. The van der Waals surface area contributed by atoms with Gasteiger partial charge in [-0.25, -0.2) is 0 Å². The summed E-state index contributed by atoms with van der Waals surface area (Å²) >= 11 is 0. The van der Waals surface area contributed by atoms with Gasteiger partial charge in [0.1, 0.15) is 11.9 Å². The highest BCUT2D eigenvalue weighted by Crippen LogP contribution is 2.26. The maximum atomic E-state index is 12.4. The van der Waals surface area contributed by atoms with Crippen molar-refractivity contribution in [2.45, 2.75) is 76.8 Å². The van der Waals surface area contributed by atoms with Gasteiger partial charge in [-0.2, -0.15) is 0 Å². The minimum atomic E-state index is -4.76. The van der Waals surface area contributed by atoms with Crippen molar-refractivity contribution in [2.24, 2.45) is 0 Å². The number of aliphatic hydroxyl groups is 1. The van der Waals surface area contributed by atoms with Crippen LogP contribution in [-0.4, -0.2) is 48.0 Å². The van der Waals surface area contributed by atoms with Crippen molar-refractivity contribution in [3.05, 3.63) is 29.8 Å². The fourth-order valence-electron chi connectivity index (χ4n) is 3.73. The van der Waals surface area contributed by atoms with E-state index in [4.69, 9.17) is 0 Å². The normalized spacial score (nSPS) is 17.0. The Morgan fingerprint density at radius 1 is 1.13 bits per heavy atom. The van der Waals surface area contributed by atoms with Crippen LogP contribution in [0.2, 0.25) is 0 Å². The Bertz CT molecular complexity index is 632. The minimum absolute atomic E-state index is 0.105. The molecular formula is C22H33F3N2O3. The third-order valence-electron chi connectivity index (χ3n) is 5.34. The SMILES string of the molecule is CCCCCCCC(=O)N[C@H](CN1CCCC1)[C@@H](O)c1ccc(OC(F)(F)F)cc1. The lowest BCUT2D eigenvalue weighted by molar-refractivity contribution is -0.274. The number of unbranched alkanes of at least 4 members (excludes halogenated alkanes) is 4. The Hall–Kier alpha value is -1.80. The van der Waals surface area contributed by atoms with Crippen LogP contribution in [0.5, 0.6) is 5.75 Å². The van der Waals surface area contributed by atoms with Crippen LogP contribution < -0.4 is 10.1 Å². The van der Waals surface area contributed by atoms with Gasteiger partial charge in [0.25, 0.3) is 0 Å². The number of amides is 1. The molecule has 1 aliphatic heterocycles. The molecule has 0 saturated carbocycles. The molecule has 1 heterocycles. The zero-order chi connectivity index (χ0) is 22.0. The number of ether oxygens (including phenoxy) is 1. The largest absolute Gasteiger partial charge is 0.573 e. The molecule has 0 unspecified atom stereocenters. The van der Waals surface area contributed by atoms with Gasteiger partial charge in [-0.1, -0.05) is 44.7 Å². The summed E-state index contributed by atoms with van der Waals surface area (Å²) in [5.74, 6) is -0.447. The highest BCUT2D eigenvalue weighted by atomic mass is 19.4. The summed E-state index contributed by atoms with van der Waals surface area (Å²) in [6.07, 6.45) is 2.01. The van der Waals surface area contributed by atoms with Gasteiger partial charge in [-0.15, -0.1) is 13.2 Å². The molecule has 2 N–H and O–H groups in total. The lowest BCUT2D eigenvalue weighted by Crippen LogP contribution is -2.46. The van der Waals surface area contributed by atoms with Gasteiger partial charge in [-0.05, 0) is 50.0 Å². The Kier molecular flexibility index (Phi) is 9.91. The molecule has 8 heteroatoms. The van der Waals surface area contributed by atoms with Gasteiger partial charge in [0.05, 0.1) is 6.04 Å². The number of carbonyl (C=O) groups excluding carboxylic acids is 1. The van der Waals surface area contributed by atoms with E-state index in [1.165, 1.54) is 24.3 Å². The van der Waals surface area contributed by atoms with E-state index in [2.05, 4.69) is 21.9 Å². The molecule has 0 spiro atoms. The summed E-state index contributed by atoms with van der Waals surface area (Å²) in [7, 11) is 0. The molecule has 0 bridgehead atoms. The summed E-state index contributed by atoms with van der Waals surface area (Å²) in [5, 5.41) is 13.8. The first-order valence-corrected chi connectivity index (χ1v) is 10.8. The number of rotatable bonds is 12. The molecule has 0 radical (unpaired) electrons. The average Bonchev–Trinajstić information content (AvgIpc) is 3.19. The van der Waals surface area contributed by atoms with Crippen molar-refractivity contribution in [2.75, 3.05) is 19.6 Å². The molecule has 1 aliphatic rings. The number of alkyl halides is 3. The zero-order valence-corrected chi connectivity index (χ0v) is 17.6. The number of hydrogen-bond acceptors (Lipinski definition) is 4. The predicted molar refractivity (Wildman–Crippen MR) is 109 cm³/mol. The monoisotopic (exact) mass is 430 g/mol. The van der Waals surface area contributed by atoms with Crippen LogP contribution in [0.25, 0.3) is 0 Å². The summed E-state index contributed by atoms with van der Waals surface area (Å²) < 4.78 is 40.9. The number of nitrogens with one attached hydrogen (secondary N) is 1. The fraction of sp³-hybridized carbons (Fsp3) is 0.682. The maximum Gasteiger partial charge on any atom is 0.573 e. The molecule has 1 saturated heterocycles. The van der Waals surface area contributed by atoms with Crippen LogP contribution in [0.15, 0.2) is 24.3 Å². The van der Waals surface area contributed by atoms with E-state index in [0.29, 0.717) is 18.5 Å². The molecule has 2 atom stereocenters. The quantitative estimate of drug-likeness (QED) is 0.477. The Morgan fingerprint density at radius 2 is 1.77 bits per heavy atom. The van der Waals surface area contributed by atoms with E-state index in [1.807, 2.05) is 0 Å². The summed E-state index contributed by atoms with van der Waals surface area (Å²) in [6.45, 7) is 4.46. The first-order valence-electron chi connectivity index (χ1n) is 10.8. The standard InChI is InChI=1S/C22H33F3N2O3/c1-2-3-4-5-6-9-20(28)26-19(16-27-14-7-8-15-27)21(29)17-10-12-18(13-11-17)30-22(23,24)25/h10-13,19,21,29H,2-9,14-16H2,1H3,(H,26,28)/t19-,21+/m1/s1. The first kappa shape index (κ1) is 24.5. The van der Waals surface area contributed by atoms with Crippen LogP contribution in [-0.2, 0) is 4.79 Å². The van der Waals surface area contributed by atoms with E-state index in [0.717, 1.165) is 58.0 Å². The molecule has 1 aromatic rings. The van der Waals surface area contributed by atoms with E-state index in [9.17, 15) is 23.1 Å². The molecule has 1 fully saturated rings. The third-order valence-corrected chi connectivity index (χ3v) is 5.34. The van der Waals surface area contributed by atoms with Crippen LogP contribution in [0.3, 0.4) is 0 Å². The number of aliphatic hydroxyl groups excluding tert-OH is 1. The van der Waals surface area contributed by atoms with Crippen molar-refractivity contribution >= 4 is 5.91 Å². The molecule has 2 rings (SSSR count). The summed E-state index contributed by atoms with van der Waals surface area (Å²) in [6, 6.07) is 4.63. The van der Waals surface area contributed by atoms with Gasteiger partial charge < -0.3 is 20.1 Å². The van der Waals surface area contributed by atoms with E-state index in [-0.39, 0.29) is 11.7 Å². The topological polar surface area (TPSA) is 61.8 Å². The summed E-state index contributed by atoms with van der Waals surface area (Å²) in [5.41, 5.74) is 0.442. The van der Waals surface area contributed by atoms with Crippen LogP contribution in [0.4, 0.5) is 13.2 Å². The van der Waals surface area contributed by atoms with Gasteiger partial charge >= 0.3 is 6.36 Å².